The van der Waals surface area contributed by atoms with Crippen molar-refractivity contribution < 1.29 is 9.90 Å². The van der Waals surface area contributed by atoms with E-state index in [-0.39, 0.29) is 17.1 Å². The minimum absolute atomic E-state index is 0.0187. The highest BCUT2D eigenvalue weighted by Gasteiger charge is 2.56. The first kappa shape index (κ1) is 22.6. The Morgan fingerprint density at radius 1 is 1.06 bits per heavy atom. The average Bonchev–Trinajstić information content (AvgIpc) is 2.92. The van der Waals surface area contributed by atoms with Gasteiger partial charge < -0.3 is 20.6 Å². The highest BCUT2D eigenvalue weighted by molar-refractivity contribution is 5.78. The monoisotopic (exact) mass is 428 g/mol. The van der Waals surface area contributed by atoms with Gasteiger partial charge in [-0.3, -0.25) is 4.90 Å². The molecule has 6 nitrogen and oxygen atoms in total. The van der Waals surface area contributed by atoms with Crippen LogP contribution in [0.3, 0.4) is 0 Å². The summed E-state index contributed by atoms with van der Waals surface area (Å²) in [4.78, 5) is 19.8. The number of hydrogen-bond donors (Lipinski definition) is 2. The summed E-state index contributed by atoms with van der Waals surface area (Å²) in [6, 6.07) is 10.8. The molecule has 2 saturated carbocycles. The van der Waals surface area contributed by atoms with E-state index in [1.807, 2.05) is 23.6 Å². The summed E-state index contributed by atoms with van der Waals surface area (Å²) in [5.41, 5.74) is 6.25. The van der Waals surface area contributed by atoms with E-state index in [9.17, 15) is 9.90 Å². The average molecular weight is 429 g/mol. The van der Waals surface area contributed by atoms with Crippen molar-refractivity contribution in [2.45, 2.75) is 81.0 Å². The molecule has 0 unspecified atom stereocenters. The number of urea groups is 1. The number of carbonyl (C=O) groups excluding carboxylic acids is 1. The molecule has 1 spiro atoms. The van der Waals surface area contributed by atoms with Crippen LogP contribution in [0.1, 0.15) is 64.4 Å². The van der Waals surface area contributed by atoms with Gasteiger partial charge >= 0.3 is 6.03 Å². The summed E-state index contributed by atoms with van der Waals surface area (Å²) < 4.78 is 0. The van der Waals surface area contributed by atoms with Crippen LogP contribution in [0, 0.1) is 0 Å². The molecule has 172 valence electrons. The topological polar surface area (TPSA) is 73.0 Å². The van der Waals surface area contributed by atoms with Crippen molar-refractivity contribution in [1.29, 1.82) is 0 Å². The number of carbonyl (C=O) groups is 1. The lowest BCUT2D eigenvalue weighted by Crippen LogP contribution is -2.59. The van der Waals surface area contributed by atoms with Crippen molar-refractivity contribution in [3.63, 3.8) is 0 Å². The second kappa shape index (κ2) is 7.75. The Kier molecular flexibility index (Phi) is 5.64. The Morgan fingerprint density at radius 2 is 1.68 bits per heavy atom. The fourth-order valence-electron chi connectivity index (χ4n) is 6.07. The van der Waals surface area contributed by atoms with Gasteiger partial charge in [0.2, 0.25) is 0 Å². The number of nitrogens with two attached hydrogens (primary N) is 1. The smallest absolute Gasteiger partial charge is 0.320 e. The number of nitrogens with zero attached hydrogens (tertiary/aromatic N) is 3. The molecule has 0 aromatic heterocycles. The molecule has 31 heavy (non-hydrogen) atoms. The molecule has 1 aromatic carbocycles. The van der Waals surface area contributed by atoms with E-state index in [1.54, 1.807) is 0 Å². The van der Waals surface area contributed by atoms with E-state index in [2.05, 4.69) is 49.3 Å². The van der Waals surface area contributed by atoms with Crippen molar-refractivity contribution in [3.05, 3.63) is 35.9 Å². The summed E-state index contributed by atoms with van der Waals surface area (Å²) in [5, 5.41) is 10.9. The third-order valence-corrected chi connectivity index (χ3v) is 8.07. The quantitative estimate of drug-likeness (QED) is 0.730. The van der Waals surface area contributed by atoms with Crippen molar-refractivity contribution in [2.75, 3.05) is 33.7 Å². The van der Waals surface area contributed by atoms with E-state index in [0.717, 1.165) is 44.9 Å². The van der Waals surface area contributed by atoms with Crippen LogP contribution in [-0.2, 0) is 5.54 Å². The Hall–Kier alpha value is -1.63. The Morgan fingerprint density at radius 3 is 2.16 bits per heavy atom. The summed E-state index contributed by atoms with van der Waals surface area (Å²) in [7, 11) is 4.34. The minimum Gasteiger partial charge on any atom is -0.388 e. The molecule has 1 saturated heterocycles. The van der Waals surface area contributed by atoms with Gasteiger partial charge in [-0.2, -0.15) is 0 Å². The van der Waals surface area contributed by atoms with Crippen molar-refractivity contribution in [3.8, 4) is 0 Å². The predicted molar refractivity (Wildman–Crippen MR) is 124 cm³/mol. The van der Waals surface area contributed by atoms with Gasteiger partial charge in [0.15, 0.2) is 0 Å². The molecule has 2 amide bonds. The molecule has 0 radical (unpaired) electrons. The zero-order valence-electron chi connectivity index (χ0n) is 19.7. The molecule has 1 aromatic rings. The summed E-state index contributed by atoms with van der Waals surface area (Å²) in [5.74, 6) is 0. The Labute approximate surface area is 187 Å². The molecule has 0 atom stereocenters. The number of amides is 2. The second-order valence-corrected chi connectivity index (χ2v) is 11.3. The SMILES string of the molecule is CN(C)[C@]1(c2ccccc2)CC[C@]2(CC1)CN(CC(C)(C)N)C(=O)N2CC1(O)CCC1. The maximum Gasteiger partial charge on any atom is 0.320 e. The van der Waals surface area contributed by atoms with Crippen LogP contribution in [-0.4, -0.2) is 76.2 Å². The first-order valence-corrected chi connectivity index (χ1v) is 11.8. The normalized spacial score (nSPS) is 30.9. The zero-order chi connectivity index (χ0) is 22.5. The van der Waals surface area contributed by atoms with Gasteiger partial charge in [0.05, 0.1) is 17.7 Å². The standard InChI is InChI=1S/C25H40N4O2/c1-22(2,26)17-28-18-23(29(21(28)30)19-24(31)11-8-12-24)13-15-25(16-14-23,27(3)4)20-9-6-5-7-10-20/h5-7,9-10,31H,8,11-19,26H2,1-4H3/t23-,25+. The lowest BCUT2D eigenvalue weighted by Gasteiger charge is -2.52. The van der Waals surface area contributed by atoms with Gasteiger partial charge in [0.1, 0.15) is 0 Å². The van der Waals surface area contributed by atoms with Gasteiger partial charge in [-0.05, 0) is 78.5 Å². The van der Waals surface area contributed by atoms with E-state index in [1.165, 1.54) is 5.56 Å². The molecule has 3 N–H and O–H groups in total. The van der Waals surface area contributed by atoms with Crippen LogP contribution in [0.5, 0.6) is 0 Å². The molecule has 3 aliphatic rings. The highest BCUT2D eigenvalue weighted by atomic mass is 16.3. The molecular weight excluding hydrogens is 388 g/mol. The first-order chi connectivity index (χ1) is 14.5. The molecular formula is C25H40N4O2. The largest absolute Gasteiger partial charge is 0.388 e. The van der Waals surface area contributed by atoms with Crippen molar-refractivity contribution in [1.82, 2.24) is 14.7 Å². The maximum atomic E-state index is 13.5. The predicted octanol–water partition coefficient (Wildman–Crippen LogP) is 3.15. The Bertz CT molecular complexity index is 789. The molecule has 3 fully saturated rings. The van der Waals surface area contributed by atoms with E-state index < -0.39 is 11.1 Å². The number of benzene rings is 1. The lowest BCUT2D eigenvalue weighted by atomic mass is 9.67. The maximum absolute atomic E-state index is 13.5. The fourth-order valence-corrected chi connectivity index (χ4v) is 6.07. The summed E-state index contributed by atoms with van der Waals surface area (Å²) in [6.45, 7) is 5.65. The highest BCUT2D eigenvalue weighted by Crippen LogP contribution is 2.50. The number of hydrogen-bond acceptors (Lipinski definition) is 4. The van der Waals surface area contributed by atoms with Crippen molar-refractivity contribution in [2.24, 2.45) is 5.73 Å². The van der Waals surface area contributed by atoms with Crippen molar-refractivity contribution >= 4 is 6.03 Å². The van der Waals surface area contributed by atoms with Crippen LogP contribution in [0.25, 0.3) is 0 Å². The van der Waals surface area contributed by atoms with Crippen LogP contribution < -0.4 is 5.73 Å². The van der Waals surface area contributed by atoms with Crippen LogP contribution >= 0.6 is 0 Å². The van der Waals surface area contributed by atoms with Crippen LogP contribution in [0.4, 0.5) is 4.79 Å². The molecule has 1 aliphatic heterocycles. The minimum atomic E-state index is -0.716. The van der Waals surface area contributed by atoms with Gasteiger partial charge in [0, 0.05) is 24.2 Å². The molecule has 2 aliphatic carbocycles. The molecule has 1 heterocycles. The number of rotatable bonds is 6. The summed E-state index contributed by atoms with van der Waals surface area (Å²) in [6.07, 6.45) is 6.48. The lowest BCUT2D eigenvalue weighted by molar-refractivity contribution is -0.0725. The molecule has 4 rings (SSSR count). The van der Waals surface area contributed by atoms with E-state index in [4.69, 9.17) is 5.73 Å². The number of aliphatic hydroxyl groups is 1. The summed E-state index contributed by atoms with van der Waals surface area (Å²) >= 11 is 0. The fraction of sp³-hybridized carbons (Fsp3) is 0.720. The van der Waals surface area contributed by atoms with Gasteiger partial charge in [-0.1, -0.05) is 30.3 Å². The van der Waals surface area contributed by atoms with Gasteiger partial charge in [-0.15, -0.1) is 0 Å². The van der Waals surface area contributed by atoms with E-state index in [0.29, 0.717) is 19.6 Å². The third-order valence-electron chi connectivity index (χ3n) is 8.07. The Balaban J connectivity index is 1.61. The second-order valence-electron chi connectivity index (χ2n) is 11.3. The molecule has 6 heteroatoms. The van der Waals surface area contributed by atoms with Gasteiger partial charge in [-0.25, -0.2) is 4.79 Å². The van der Waals surface area contributed by atoms with Crippen LogP contribution in [0.15, 0.2) is 30.3 Å². The van der Waals surface area contributed by atoms with E-state index >= 15 is 0 Å². The van der Waals surface area contributed by atoms with Gasteiger partial charge in [0.25, 0.3) is 0 Å². The zero-order valence-corrected chi connectivity index (χ0v) is 19.7. The third kappa shape index (κ3) is 4.10. The molecule has 0 bridgehead atoms. The first-order valence-electron chi connectivity index (χ1n) is 11.8. The van der Waals surface area contributed by atoms with Crippen LogP contribution in [0.2, 0.25) is 0 Å². The number of β-amino-alcohol motifs (C(OH)–C–C–N with tert-alkyl or cyclic N) is 1.